The minimum atomic E-state index is -0.784. The molecule has 27 heavy (non-hydrogen) atoms. The third-order valence-electron chi connectivity index (χ3n) is 4.11. The van der Waals surface area contributed by atoms with Crippen molar-refractivity contribution in [2.75, 3.05) is 13.7 Å². The summed E-state index contributed by atoms with van der Waals surface area (Å²) in [5.74, 6) is -1.86. The van der Waals surface area contributed by atoms with E-state index in [0.29, 0.717) is 6.42 Å². The van der Waals surface area contributed by atoms with Crippen LogP contribution >= 0.6 is 0 Å². The molecule has 2 aromatic rings. The average molecular weight is 374 g/mol. The zero-order valence-electron chi connectivity index (χ0n) is 15.4. The number of nitrogens with zero attached hydrogens (tertiary/aromatic N) is 3. The van der Waals surface area contributed by atoms with Crippen LogP contribution in [-0.4, -0.2) is 52.4 Å². The molecule has 9 nitrogen and oxygen atoms in total. The number of methoxy groups -OCH3 is 1. The second kappa shape index (κ2) is 9.46. The van der Waals surface area contributed by atoms with Gasteiger partial charge in [-0.15, -0.1) is 0 Å². The zero-order chi connectivity index (χ0) is 19.8. The van der Waals surface area contributed by atoms with Gasteiger partial charge in [0.25, 0.3) is 5.91 Å². The first-order valence-corrected chi connectivity index (χ1v) is 8.45. The van der Waals surface area contributed by atoms with Crippen molar-refractivity contribution in [1.29, 1.82) is 0 Å². The van der Waals surface area contributed by atoms with Gasteiger partial charge < -0.3 is 14.8 Å². The van der Waals surface area contributed by atoms with E-state index in [0.717, 1.165) is 5.69 Å². The predicted octanol–water partition coefficient (Wildman–Crippen LogP) is 1.13. The van der Waals surface area contributed by atoms with E-state index in [4.69, 9.17) is 9.47 Å². The lowest BCUT2D eigenvalue weighted by Gasteiger charge is -2.21. The fourth-order valence-corrected chi connectivity index (χ4v) is 2.32. The molecule has 144 valence electrons. The summed E-state index contributed by atoms with van der Waals surface area (Å²) in [6, 6.07) is 5.71. The van der Waals surface area contributed by atoms with Gasteiger partial charge >= 0.3 is 11.9 Å². The predicted molar refractivity (Wildman–Crippen MR) is 95.0 cm³/mol. The maximum absolute atomic E-state index is 12.1. The van der Waals surface area contributed by atoms with Gasteiger partial charge in [-0.2, -0.15) is 5.10 Å². The molecule has 0 unspecified atom stereocenters. The third-order valence-corrected chi connectivity index (χ3v) is 4.11. The second-order valence-electron chi connectivity index (χ2n) is 5.92. The Hall–Kier alpha value is -3.23. The van der Waals surface area contributed by atoms with Crippen molar-refractivity contribution < 1.29 is 23.9 Å². The van der Waals surface area contributed by atoms with Crippen LogP contribution in [0.2, 0.25) is 0 Å². The van der Waals surface area contributed by atoms with Crippen molar-refractivity contribution in [2.24, 2.45) is 5.92 Å². The van der Waals surface area contributed by atoms with Gasteiger partial charge in [0.05, 0.1) is 18.4 Å². The monoisotopic (exact) mass is 374 g/mol. The summed E-state index contributed by atoms with van der Waals surface area (Å²) in [6.07, 6.45) is 3.62. The van der Waals surface area contributed by atoms with Crippen LogP contribution in [0.4, 0.5) is 0 Å². The maximum Gasteiger partial charge on any atom is 0.338 e. The number of carbonyl (C=O) groups excluding carboxylic acids is 3. The molecule has 0 bridgehead atoms. The highest BCUT2D eigenvalue weighted by Gasteiger charge is 2.27. The number of amides is 1. The minimum absolute atomic E-state index is 0.110. The molecular formula is C18H22N4O5. The van der Waals surface area contributed by atoms with Gasteiger partial charge in [0.1, 0.15) is 18.7 Å². The zero-order valence-corrected chi connectivity index (χ0v) is 15.4. The number of hydrogen-bond donors (Lipinski definition) is 1. The lowest BCUT2D eigenvalue weighted by atomic mass is 9.99. The smallest absolute Gasteiger partial charge is 0.338 e. The van der Waals surface area contributed by atoms with E-state index in [1.54, 1.807) is 28.9 Å². The van der Waals surface area contributed by atoms with Crippen LogP contribution in [0.3, 0.4) is 0 Å². The Bertz CT molecular complexity index is 774. The Kier molecular flexibility index (Phi) is 7.04. The van der Waals surface area contributed by atoms with Crippen LogP contribution in [-0.2, 0) is 19.1 Å². The highest BCUT2D eigenvalue weighted by Crippen LogP contribution is 2.10. The molecule has 0 aliphatic heterocycles. The number of aromatic nitrogens is 3. The van der Waals surface area contributed by atoms with E-state index in [2.05, 4.69) is 15.4 Å². The topological polar surface area (TPSA) is 112 Å². The molecule has 0 saturated carbocycles. The number of benzene rings is 1. The first kappa shape index (κ1) is 20.1. The van der Waals surface area contributed by atoms with Gasteiger partial charge in [-0.25, -0.2) is 19.3 Å². The first-order chi connectivity index (χ1) is 13.0. The number of esters is 2. The lowest BCUT2D eigenvalue weighted by molar-refractivity contribution is -0.147. The van der Waals surface area contributed by atoms with E-state index in [1.165, 1.54) is 19.8 Å². The fraction of sp³-hybridized carbons (Fsp3) is 0.389. The SMILES string of the molecule is CC[C@@H](C)[C@@H](NC(=O)COC(=O)c1ccc(-n2cncn2)cc1)C(=O)OC. The van der Waals surface area contributed by atoms with Crippen LogP contribution < -0.4 is 5.32 Å². The molecule has 1 N–H and O–H groups in total. The Morgan fingerprint density at radius 3 is 2.48 bits per heavy atom. The molecule has 1 aromatic heterocycles. The molecule has 0 aliphatic rings. The molecule has 0 fully saturated rings. The lowest BCUT2D eigenvalue weighted by Crippen LogP contribution is -2.47. The van der Waals surface area contributed by atoms with E-state index in [-0.39, 0.29) is 11.5 Å². The molecule has 0 spiro atoms. The number of carbonyl (C=O) groups is 3. The maximum atomic E-state index is 12.1. The number of rotatable bonds is 8. The fourth-order valence-electron chi connectivity index (χ4n) is 2.32. The van der Waals surface area contributed by atoms with Crippen LogP contribution in [0, 0.1) is 5.92 Å². The molecule has 1 amide bonds. The Labute approximate surface area is 156 Å². The number of ether oxygens (including phenoxy) is 2. The molecule has 1 heterocycles. The van der Waals surface area contributed by atoms with E-state index < -0.39 is 30.5 Å². The normalized spacial score (nSPS) is 12.7. The molecule has 9 heteroatoms. The summed E-state index contributed by atoms with van der Waals surface area (Å²) >= 11 is 0. The second-order valence-corrected chi connectivity index (χ2v) is 5.92. The van der Waals surface area contributed by atoms with Crippen molar-refractivity contribution in [2.45, 2.75) is 26.3 Å². The highest BCUT2D eigenvalue weighted by molar-refractivity contribution is 5.92. The molecule has 2 atom stereocenters. The third kappa shape index (κ3) is 5.37. The quantitative estimate of drug-likeness (QED) is 0.689. The standard InChI is InChI=1S/C18H22N4O5/c1-4-12(2)16(18(25)26-3)21-15(23)9-27-17(24)13-5-7-14(8-6-13)22-11-19-10-20-22/h5-8,10-12,16H,4,9H2,1-3H3,(H,21,23)/t12-,16-/m1/s1. The van der Waals surface area contributed by atoms with Gasteiger partial charge in [0.2, 0.25) is 0 Å². The molecule has 2 rings (SSSR count). The number of hydrogen-bond acceptors (Lipinski definition) is 7. The average Bonchev–Trinajstić information content (AvgIpc) is 3.24. The van der Waals surface area contributed by atoms with Crippen LogP contribution in [0.15, 0.2) is 36.9 Å². The van der Waals surface area contributed by atoms with Crippen molar-refractivity contribution in [3.05, 3.63) is 42.5 Å². The van der Waals surface area contributed by atoms with Crippen molar-refractivity contribution in [3.63, 3.8) is 0 Å². The van der Waals surface area contributed by atoms with Gasteiger partial charge in [-0.05, 0) is 30.2 Å². The summed E-state index contributed by atoms with van der Waals surface area (Å²) in [7, 11) is 1.26. The summed E-state index contributed by atoms with van der Waals surface area (Å²) in [6.45, 7) is 3.23. The summed E-state index contributed by atoms with van der Waals surface area (Å²) in [4.78, 5) is 39.7. The molecular weight excluding hydrogens is 352 g/mol. The Morgan fingerprint density at radius 1 is 1.22 bits per heavy atom. The summed E-state index contributed by atoms with van der Waals surface area (Å²) < 4.78 is 11.3. The van der Waals surface area contributed by atoms with Crippen molar-refractivity contribution in [1.82, 2.24) is 20.1 Å². The molecule has 0 aliphatic carbocycles. The van der Waals surface area contributed by atoms with Crippen molar-refractivity contribution in [3.8, 4) is 5.69 Å². The summed E-state index contributed by atoms with van der Waals surface area (Å²) in [5, 5.41) is 6.53. The molecule has 0 radical (unpaired) electrons. The summed E-state index contributed by atoms with van der Waals surface area (Å²) in [5.41, 5.74) is 1.02. The van der Waals surface area contributed by atoms with Crippen molar-refractivity contribution >= 4 is 17.8 Å². The van der Waals surface area contributed by atoms with E-state index >= 15 is 0 Å². The van der Waals surface area contributed by atoms with E-state index in [1.807, 2.05) is 13.8 Å². The Balaban J connectivity index is 1.90. The Morgan fingerprint density at radius 2 is 1.93 bits per heavy atom. The van der Waals surface area contributed by atoms with Crippen LogP contribution in [0.1, 0.15) is 30.6 Å². The number of nitrogens with one attached hydrogen (secondary N) is 1. The molecule has 1 aromatic carbocycles. The van der Waals surface area contributed by atoms with Gasteiger partial charge in [-0.1, -0.05) is 20.3 Å². The molecule has 0 saturated heterocycles. The van der Waals surface area contributed by atoms with Crippen LogP contribution in [0.25, 0.3) is 5.69 Å². The minimum Gasteiger partial charge on any atom is -0.467 e. The first-order valence-electron chi connectivity index (χ1n) is 8.45. The highest BCUT2D eigenvalue weighted by atomic mass is 16.5. The van der Waals surface area contributed by atoms with E-state index in [9.17, 15) is 14.4 Å². The largest absolute Gasteiger partial charge is 0.467 e. The van der Waals surface area contributed by atoms with Gasteiger partial charge in [0, 0.05) is 0 Å². The van der Waals surface area contributed by atoms with Gasteiger partial charge in [-0.3, -0.25) is 4.79 Å². The van der Waals surface area contributed by atoms with Crippen LogP contribution in [0.5, 0.6) is 0 Å². The van der Waals surface area contributed by atoms with Gasteiger partial charge in [0.15, 0.2) is 6.61 Å².